The van der Waals surface area contributed by atoms with Crippen LogP contribution in [-0.4, -0.2) is 12.0 Å². The molecule has 5 heteroatoms. The second-order valence-electron chi connectivity index (χ2n) is 3.10. The largest absolute Gasteiger partial charge is 0.395 e. The van der Waals surface area contributed by atoms with E-state index >= 15 is 0 Å². The number of hydrogen-bond acceptors (Lipinski definition) is 1. The van der Waals surface area contributed by atoms with Crippen LogP contribution in [0.3, 0.4) is 0 Å². The topological polar surface area (TPSA) is 17.1 Å². The summed E-state index contributed by atoms with van der Waals surface area (Å²) < 4.78 is 36.3. The van der Waals surface area contributed by atoms with E-state index in [1.54, 1.807) is 24.3 Å². The summed E-state index contributed by atoms with van der Waals surface area (Å²) in [7, 11) is 0. The predicted octanol–water partition coefficient (Wildman–Crippen LogP) is 3.51. The van der Waals surface area contributed by atoms with Crippen molar-refractivity contribution in [3.8, 4) is 0 Å². The van der Waals surface area contributed by atoms with Crippen LogP contribution in [0.15, 0.2) is 28.7 Å². The van der Waals surface area contributed by atoms with E-state index in [-0.39, 0.29) is 6.42 Å². The summed E-state index contributed by atoms with van der Waals surface area (Å²) in [6, 6.07) is 6.73. The van der Waals surface area contributed by atoms with E-state index in [9.17, 15) is 18.0 Å². The lowest BCUT2D eigenvalue weighted by molar-refractivity contribution is -0.151. The second-order valence-corrected chi connectivity index (χ2v) is 3.95. The third-order valence-corrected chi connectivity index (χ3v) is 2.52. The first-order valence-electron chi connectivity index (χ1n) is 4.20. The van der Waals surface area contributed by atoms with Crippen LogP contribution >= 0.6 is 15.9 Å². The molecule has 15 heavy (non-hydrogen) atoms. The van der Waals surface area contributed by atoms with Gasteiger partial charge in [0.1, 0.15) is 12.2 Å². The third-order valence-electron chi connectivity index (χ3n) is 1.74. The molecule has 0 spiro atoms. The quantitative estimate of drug-likeness (QED) is 0.828. The van der Waals surface area contributed by atoms with Crippen molar-refractivity contribution in [2.45, 2.75) is 19.0 Å². The zero-order valence-corrected chi connectivity index (χ0v) is 9.23. The maximum absolute atomic E-state index is 11.9. The Bertz CT molecular complexity index is 360. The molecule has 0 amide bonds. The molecule has 0 saturated heterocycles. The molecule has 0 saturated carbocycles. The van der Waals surface area contributed by atoms with Gasteiger partial charge >= 0.3 is 6.18 Å². The zero-order valence-electron chi connectivity index (χ0n) is 7.64. The lowest BCUT2D eigenvalue weighted by Crippen LogP contribution is -2.16. The second kappa shape index (κ2) is 4.79. The Morgan fingerprint density at radius 1 is 1.27 bits per heavy atom. The molecule has 0 atom stereocenters. The van der Waals surface area contributed by atoms with Crippen LogP contribution in [-0.2, 0) is 11.2 Å². The van der Waals surface area contributed by atoms with Gasteiger partial charge in [-0.2, -0.15) is 13.2 Å². The minimum atomic E-state index is -4.42. The number of hydrogen-bond donors (Lipinski definition) is 0. The van der Waals surface area contributed by atoms with Crippen molar-refractivity contribution in [1.29, 1.82) is 0 Å². The first-order chi connectivity index (χ1) is 6.88. The van der Waals surface area contributed by atoms with Gasteiger partial charge in [-0.1, -0.05) is 34.1 Å². The number of carbonyl (C=O) groups is 1. The average Bonchev–Trinajstić information content (AvgIpc) is 2.05. The van der Waals surface area contributed by atoms with E-state index in [0.29, 0.717) is 10.0 Å². The lowest BCUT2D eigenvalue weighted by atomic mass is 10.1. The summed E-state index contributed by atoms with van der Waals surface area (Å²) in [5.74, 6) is -0.825. The van der Waals surface area contributed by atoms with E-state index in [1.165, 1.54) is 0 Å². The Labute approximate surface area is 93.4 Å². The van der Waals surface area contributed by atoms with Crippen molar-refractivity contribution in [1.82, 2.24) is 0 Å². The molecule has 0 heterocycles. The van der Waals surface area contributed by atoms with E-state index in [1.807, 2.05) is 0 Å². The van der Waals surface area contributed by atoms with Gasteiger partial charge < -0.3 is 0 Å². The number of Topliss-reactive ketones (excluding diaryl/α,β-unsaturated/α-hetero) is 1. The molecule has 1 nitrogen and oxygen atoms in total. The Hall–Kier alpha value is -0.840. The van der Waals surface area contributed by atoms with Gasteiger partial charge in [0, 0.05) is 10.9 Å². The van der Waals surface area contributed by atoms with E-state index in [2.05, 4.69) is 15.9 Å². The molecule has 0 fully saturated rings. The minimum absolute atomic E-state index is 0.194. The smallest absolute Gasteiger partial charge is 0.299 e. The molecule has 0 bridgehead atoms. The van der Waals surface area contributed by atoms with Gasteiger partial charge in [0.25, 0.3) is 0 Å². The van der Waals surface area contributed by atoms with Crippen molar-refractivity contribution in [2.24, 2.45) is 0 Å². The molecule has 1 rings (SSSR count). The van der Waals surface area contributed by atoms with Crippen LogP contribution in [0.2, 0.25) is 0 Å². The highest BCUT2D eigenvalue weighted by molar-refractivity contribution is 9.10. The summed E-state index contributed by atoms with van der Waals surface area (Å²) in [5.41, 5.74) is 0.576. The highest BCUT2D eigenvalue weighted by atomic mass is 79.9. The average molecular weight is 281 g/mol. The van der Waals surface area contributed by atoms with Crippen molar-refractivity contribution in [3.05, 3.63) is 34.3 Å². The SMILES string of the molecule is O=C(Cc1ccccc1Br)CC(F)(F)F. The van der Waals surface area contributed by atoms with E-state index < -0.39 is 18.4 Å². The van der Waals surface area contributed by atoms with E-state index in [4.69, 9.17) is 0 Å². The van der Waals surface area contributed by atoms with Gasteiger partial charge in [-0.25, -0.2) is 0 Å². The van der Waals surface area contributed by atoms with Crippen LogP contribution in [0.4, 0.5) is 13.2 Å². The fourth-order valence-electron chi connectivity index (χ4n) is 1.14. The highest BCUT2D eigenvalue weighted by Gasteiger charge is 2.30. The molecular formula is C10H8BrF3O. The van der Waals surface area contributed by atoms with Gasteiger partial charge in [0.15, 0.2) is 0 Å². The maximum atomic E-state index is 11.9. The summed E-state index contributed by atoms with van der Waals surface area (Å²) >= 11 is 3.17. The van der Waals surface area contributed by atoms with Crippen molar-refractivity contribution < 1.29 is 18.0 Å². The molecule has 82 valence electrons. The predicted molar refractivity (Wildman–Crippen MR) is 53.5 cm³/mol. The first-order valence-corrected chi connectivity index (χ1v) is 4.99. The Kier molecular flexibility index (Phi) is 3.90. The molecule has 0 unspecified atom stereocenters. The van der Waals surface area contributed by atoms with Crippen LogP contribution in [0.1, 0.15) is 12.0 Å². The molecule has 1 aromatic rings. The fraction of sp³-hybridized carbons (Fsp3) is 0.300. The molecule has 0 aromatic heterocycles. The summed E-state index contributed by atoms with van der Waals surface area (Å²) in [6.45, 7) is 0. The molecule has 0 N–H and O–H groups in total. The third kappa shape index (κ3) is 4.46. The molecular weight excluding hydrogens is 273 g/mol. The van der Waals surface area contributed by atoms with Crippen LogP contribution in [0.5, 0.6) is 0 Å². The number of benzene rings is 1. The Morgan fingerprint density at radius 2 is 1.87 bits per heavy atom. The van der Waals surface area contributed by atoms with E-state index in [0.717, 1.165) is 0 Å². The molecule has 0 aliphatic carbocycles. The van der Waals surface area contributed by atoms with Gasteiger partial charge in [-0.05, 0) is 11.6 Å². The lowest BCUT2D eigenvalue weighted by Gasteiger charge is -2.06. The first kappa shape index (κ1) is 12.2. The van der Waals surface area contributed by atoms with Crippen LogP contribution in [0, 0.1) is 0 Å². The number of rotatable bonds is 3. The fourth-order valence-corrected chi connectivity index (χ4v) is 1.57. The van der Waals surface area contributed by atoms with Crippen molar-refractivity contribution in [3.63, 3.8) is 0 Å². The van der Waals surface area contributed by atoms with Crippen LogP contribution in [0.25, 0.3) is 0 Å². The maximum Gasteiger partial charge on any atom is 0.395 e. The molecule has 0 aliphatic heterocycles. The van der Waals surface area contributed by atoms with Gasteiger partial charge in [0.05, 0.1) is 0 Å². The number of ketones is 1. The Morgan fingerprint density at radius 3 is 2.40 bits per heavy atom. The van der Waals surface area contributed by atoms with Crippen LogP contribution < -0.4 is 0 Å². The zero-order chi connectivity index (χ0) is 11.5. The summed E-state index contributed by atoms with van der Waals surface area (Å²) in [5, 5.41) is 0. The summed E-state index contributed by atoms with van der Waals surface area (Å²) in [6.07, 6.45) is -5.98. The monoisotopic (exact) mass is 280 g/mol. The number of carbonyl (C=O) groups excluding carboxylic acids is 1. The summed E-state index contributed by atoms with van der Waals surface area (Å²) in [4.78, 5) is 11.0. The molecule has 0 aliphatic rings. The van der Waals surface area contributed by atoms with Crippen molar-refractivity contribution in [2.75, 3.05) is 0 Å². The highest BCUT2D eigenvalue weighted by Crippen LogP contribution is 2.22. The number of alkyl halides is 3. The normalized spacial score (nSPS) is 11.5. The van der Waals surface area contributed by atoms with Gasteiger partial charge in [0.2, 0.25) is 0 Å². The van der Waals surface area contributed by atoms with Gasteiger partial charge in [-0.15, -0.1) is 0 Å². The standard InChI is InChI=1S/C10H8BrF3O/c11-9-4-2-1-3-7(9)5-8(15)6-10(12,13)14/h1-4H,5-6H2. The molecule has 1 aromatic carbocycles. The Balaban J connectivity index is 2.64. The minimum Gasteiger partial charge on any atom is -0.299 e. The van der Waals surface area contributed by atoms with Crippen molar-refractivity contribution >= 4 is 21.7 Å². The number of halogens is 4. The van der Waals surface area contributed by atoms with Gasteiger partial charge in [-0.3, -0.25) is 4.79 Å². The molecule has 0 radical (unpaired) electrons.